The lowest BCUT2D eigenvalue weighted by atomic mass is 10.2. The van der Waals surface area contributed by atoms with Crippen LogP contribution in [0.1, 0.15) is 10.4 Å². The number of nitrogens with one attached hydrogen (secondary N) is 1. The Labute approximate surface area is 106 Å². The van der Waals surface area contributed by atoms with Crippen LogP contribution >= 0.6 is 0 Å². The van der Waals surface area contributed by atoms with Crippen LogP contribution in [0.5, 0.6) is 0 Å². The molecule has 19 heavy (non-hydrogen) atoms. The van der Waals surface area contributed by atoms with Crippen molar-refractivity contribution in [2.45, 2.75) is 6.54 Å². The van der Waals surface area contributed by atoms with Crippen LogP contribution in [0.25, 0.3) is 0 Å². The third kappa shape index (κ3) is 3.12. The molecule has 0 aliphatic heterocycles. The fraction of sp³-hybridized carbons (Fsp3) is 0.0909. The number of anilines is 1. The molecular weight excluding hydrogens is 255 g/mol. The highest BCUT2D eigenvalue weighted by Gasteiger charge is 2.13. The molecule has 0 spiro atoms. The molecule has 0 aliphatic carbocycles. The van der Waals surface area contributed by atoms with Gasteiger partial charge in [-0.2, -0.15) is 9.49 Å². The van der Waals surface area contributed by atoms with Gasteiger partial charge in [0.2, 0.25) is 5.95 Å². The zero-order valence-corrected chi connectivity index (χ0v) is 9.58. The highest BCUT2D eigenvalue weighted by Crippen LogP contribution is 2.09. The molecule has 2 aromatic rings. The van der Waals surface area contributed by atoms with Crippen LogP contribution in [-0.2, 0) is 11.3 Å². The Hall–Kier alpha value is -2.77. The fourth-order valence-corrected chi connectivity index (χ4v) is 1.41. The monoisotopic (exact) mass is 264 g/mol. The minimum atomic E-state index is -1.06. The molecule has 2 heterocycles. The second-order valence-electron chi connectivity index (χ2n) is 3.62. The second-order valence-corrected chi connectivity index (χ2v) is 3.62. The summed E-state index contributed by atoms with van der Waals surface area (Å²) in [6.07, 6.45) is 3.84. The lowest BCUT2D eigenvalue weighted by Crippen LogP contribution is -2.14. The Morgan fingerprint density at radius 1 is 1.47 bits per heavy atom. The largest absolute Gasteiger partial charge is 0.480 e. The van der Waals surface area contributed by atoms with E-state index in [4.69, 9.17) is 5.11 Å². The Kier molecular flexibility index (Phi) is 3.51. The van der Waals surface area contributed by atoms with Crippen molar-refractivity contribution in [1.29, 1.82) is 0 Å². The van der Waals surface area contributed by atoms with Crippen molar-refractivity contribution in [1.82, 2.24) is 14.8 Å². The van der Waals surface area contributed by atoms with Crippen LogP contribution in [-0.4, -0.2) is 31.7 Å². The van der Waals surface area contributed by atoms with Gasteiger partial charge in [0.25, 0.3) is 5.91 Å². The number of amides is 1. The number of nitrogens with zero attached hydrogens (tertiary/aromatic N) is 3. The number of hydrogen-bond acceptors (Lipinski definition) is 4. The Morgan fingerprint density at radius 2 is 2.26 bits per heavy atom. The number of aliphatic carboxylic acids is 1. The van der Waals surface area contributed by atoms with Gasteiger partial charge in [-0.25, -0.2) is 4.98 Å². The molecule has 0 bridgehead atoms. The van der Waals surface area contributed by atoms with E-state index in [1.54, 1.807) is 0 Å². The second kappa shape index (κ2) is 5.25. The van der Waals surface area contributed by atoms with Gasteiger partial charge in [-0.3, -0.25) is 14.3 Å². The molecule has 1 amide bonds. The first-order valence-electron chi connectivity index (χ1n) is 5.22. The van der Waals surface area contributed by atoms with Crippen molar-refractivity contribution in [2.75, 3.05) is 5.32 Å². The molecule has 8 heteroatoms. The van der Waals surface area contributed by atoms with E-state index in [9.17, 15) is 14.0 Å². The third-order valence-corrected chi connectivity index (χ3v) is 2.19. The number of carboxylic acid groups (broad SMARTS) is 1. The standard InChI is InChI=1S/C11H9FN4O3/c12-10-8(2-1-3-13-10)11(19)15-7-4-14-16(5-7)6-9(17)18/h1-5H,6H2,(H,15,19)(H,17,18). The molecule has 0 saturated heterocycles. The maximum atomic E-state index is 13.2. The summed E-state index contributed by atoms with van der Waals surface area (Å²) in [6.45, 7) is -0.322. The molecular formula is C11H9FN4O3. The summed E-state index contributed by atoms with van der Waals surface area (Å²) in [5.74, 6) is -2.61. The average molecular weight is 264 g/mol. The van der Waals surface area contributed by atoms with Crippen LogP contribution in [0.2, 0.25) is 0 Å². The highest BCUT2D eigenvalue weighted by molar-refractivity contribution is 6.04. The zero-order chi connectivity index (χ0) is 13.8. The van der Waals surface area contributed by atoms with Crippen LogP contribution in [0, 0.1) is 5.95 Å². The molecule has 0 fully saturated rings. The number of carbonyl (C=O) groups excluding carboxylic acids is 1. The molecule has 2 N–H and O–H groups in total. The number of aromatic nitrogens is 3. The first kappa shape index (κ1) is 12.7. The lowest BCUT2D eigenvalue weighted by Gasteiger charge is -2.02. The van der Waals surface area contributed by atoms with E-state index in [0.717, 1.165) is 4.68 Å². The third-order valence-electron chi connectivity index (χ3n) is 2.19. The quantitative estimate of drug-likeness (QED) is 0.794. The number of carbonyl (C=O) groups is 2. The fourth-order valence-electron chi connectivity index (χ4n) is 1.41. The van der Waals surface area contributed by atoms with Crippen molar-refractivity contribution in [3.8, 4) is 0 Å². The van der Waals surface area contributed by atoms with E-state index < -0.39 is 17.8 Å². The maximum absolute atomic E-state index is 13.2. The van der Waals surface area contributed by atoms with Crippen molar-refractivity contribution < 1.29 is 19.1 Å². The summed E-state index contributed by atoms with van der Waals surface area (Å²) in [6, 6.07) is 2.73. The molecule has 0 aliphatic rings. The predicted octanol–water partition coefficient (Wildman–Crippen LogP) is 0.754. The molecule has 7 nitrogen and oxygen atoms in total. The lowest BCUT2D eigenvalue weighted by molar-refractivity contribution is -0.137. The first-order chi connectivity index (χ1) is 9.06. The number of carboxylic acids is 1. The van der Waals surface area contributed by atoms with Crippen molar-refractivity contribution >= 4 is 17.6 Å². The van der Waals surface area contributed by atoms with Gasteiger partial charge < -0.3 is 10.4 Å². The summed E-state index contributed by atoms with van der Waals surface area (Å²) in [5, 5.41) is 14.7. The summed E-state index contributed by atoms with van der Waals surface area (Å²) >= 11 is 0. The zero-order valence-electron chi connectivity index (χ0n) is 9.58. The number of halogens is 1. The first-order valence-corrected chi connectivity index (χ1v) is 5.22. The van der Waals surface area contributed by atoms with Gasteiger partial charge in [0.05, 0.1) is 17.4 Å². The van der Waals surface area contributed by atoms with E-state index >= 15 is 0 Å². The molecule has 2 rings (SSSR count). The Balaban J connectivity index is 2.09. The van der Waals surface area contributed by atoms with E-state index in [2.05, 4.69) is 15.4 Å². The van der Waals surface area contributed by atoms with E-state index in [0.29, 0.717) is 0 Å². The Bertz CT molecular complexity index is 626. The average Bonchev–Trinajstić information content (AvgIpc) is 2.76. The van der Waals surface area contributed by atoms with Crippen LogP contribution in [0.15, 0.2) is 30.7 Å². The molecule has 0 atom stereocenters. The van der Waals surface area contributed by atoms with Gasteiger partial charge in [0.15, 0.2) is 0 Å². The van der Waals surface area contributed by atoms with E-state index in [1.807, 2.05) is 0 Å². The molecule has 0 aromatic carbocycles. The number of pyridine rings is 1. The van der Waals surface area contributed by atoms with Gasteiger partial charge in [0, 0.05) is 12.4 Å². The number of rotatable bonds is 4. The van der Waals surface area contributed by atoms with Crippen LogP contribution in [0.4, 0.5) is 10.1 Å². The number of hydrogen-bond donors (Lipinski definition) is 2. The summed E-state index contributed by atoms with van der Waals surface area (Å²) < 4.78 is 14.4. The minimum Gasteiger partial charge on any atom is -0.480 e. The summed E-state index contributed by atoms with van der Waals surface area (Å²) in [7, 11) is 0. The van der Waals surface area contributed by atoms with Crippen LogP contribution < -0.4 is 5.32 Å². The van der Waals surface area contributed by atoms with Gasteiger partial charge in [-0.15, -0.1) is 0 Å². The molecule has 0 radical (unpaired) electrons. The molecule has 98 valence electrons. The van der Waals surface area contributed by atoms with E-state index in [-0.39, 0.29) is 17.8 Å². The maximum Gasteiger partial charge on any atom is 0.325 e. The molecule has 0 saturated carbocycles. The topological polar surface area (TPSA) is 97.1 Å². The minimum absolute atomic E-state index is 0.200. The van der Waals surface area contributed by atoms with Crippen LogP contribution in [0.3, 0.4) is 0 Å². The van der Waals surface area contributed by atoms with Gasteiger partial charge in [-0.05, 0) is 12.1 Å². The van der Waals surface area contributed by atoms with E-state index in [1.165, 1.54) is 30.7 Å². The smallest absolute Gasteiger partial charge is 0.325 e. The van der Waals surface area contributed by atoms with Gasteiger partial charge in [-0.1, -0.05) is 0 Å². The van der Waals surface area contributed by atoms with Crippen molar-refractivity contribution in [2.24, 2.45) is 0 Å². The van der Waals surface area contributed by atoms with Crippen molar-refractivity contribution in [3.63, 3.8) is 0 Å². The molecule has 0 unspecified atom stereocenters. The normalized spacial score (nSPS) is 10.2. The summed E-state index contributed by atoms with van der Waals surface area (Å²) in [4.78, 5) is 25.5. The predicted molar refractivity (Wildman–Crippen MR) is 62.0 cm³/mol. The highest BCUT2D eigenvalue weighted by atomic mass is 19.1. The SMILES string of the molecule is O=C(O)Cn1cc(NC(=O)c2cccnc2F)cn1. The summed E-state index contributed by atoms with van der Waals surface area (Å²) in [5.41, 5.74) is 0.0722. The van der Waals surface area contributed by atoms with Gasteiger partial charge >= 0.3 is 5.97 Å². The molecule has 2 aromatic heterocycles. The van der Waals surface area contributed by atoms with Crippen molar-refractivity contribution in [3.05, 3.63) is 42.2 Å². The Morgan fingerprint density at radius 3 is 2.95 bits per heavy atom. The van der Waals surface area contributed by atoms with Gasteiger partial charge in [0.1, 0.15) is 6.54 Å².